The smallest absolute Gasteiger partial charge is 0.251 e. The molecule has 6 N–H and O–H groups in total. The van der Waals surface area contributed by atoms with Crippen molar-refractivity contribution in [3.63, 3.8) is 0 Å². The Morgan fingerprint density at radius 3 is 2.62 bits per heavy atom. The van der Waals surface area contributed by atoms with Gasteiger partial charge in [-0.2, -0.15) is 0 Å². The molecule has 0 bridgehead atoms. The molecule has 32 heavy (non-hydrogen) atoms. The van der Waals surface area contributed by atoms with E-state index in [-0.39, 0.29) is 12.3 Å². The third-order valence-electron chi connectivity index (χ3n) is 5.04. The quantitative estimate of drug-likeness (QED) is 0.282. The van der Waals surface area contributed by atoms with Crippen molar-refractivity contribution in [2.24, 2.45) is 5.73 Å². The molecule has 0 aliphatic carbocycles. The summed E-state index contributed by atoms with van der Waals surface area (Å²) >= 11 is 1.33. The number of rotatable bonds is 9. The first-order chi connectivity index (χ1) is 15.4. The molecule has 0 saturated carbocycles. The largest absolute Gasteiger partial charge is 0.494 e. The van der Waals surface area contributed by atoms with Crippen molar-refractivity contribution in [3.8, 4) is 5.75 Å². The number of amidine groups is 1. The lowest BCUT2D eigenvalue weighted by atomic mass is 10.1. The fraction of sp³-hybridized carbons (Fsp3) is 0.364. The summed E-state index contributed by atoms with van der Waals surface area (Å²) in [6.45, 7) is 3.11. The predicted molar refractivity (Wildman–Crippen MR) is 122 cm³/mol. The molecule has 0 radical (unpaired) electrons. The van der Waals surface area contributed by atoms with Crippen molar-refractivity contribution in [2.45, 2.75) is 38.3 Å². The average Bonchev–Trinajstić information content (AvgIpc) is 3.46. The Hall–Kier alpha value is -3.24. The van der Waals surface area contributed by atoms with Crippen molar-refractivity contribution < 1.29 is 19.1 Å². The van der Waals surface area contributed by atoms with Gasteiger partial charge in [0.2, 0.25) is 11.8 Å². The predicted octanol–water partition coefficient (Wildman–Crippen LogP) is 1.17. The summed E-state index contributed by atoms with van der Waals surface area (Å²) in [5.41, 5.74) is 6.44. The van der Waals surface area contributed by atoms with Crippen molar-refractivity contribution >= 4 is 34.9 Å². The number of nitrogens with two attached hydrogens (primary N) is 1. The number of nitrogen functional groups attached to an aromatic ring is 1. The Morgan fingerprint density at radius 2 is 2.03 bits per heavy atom. The summed E-state index contributed by atoms with van der Waals surface area (Å²) in [6.07, 6.45) is 1.69. The third-order valence-corrected chi connectivity index (χ3v) is 6.00. The Balaban J connectivity index is 1.73. The molecule has 1 aliphatic heterocycles. The standard InChI is InChI=1S/C22H27N5O4S/c1-2-31-15-7-5-13(6-8-15)20(28)26-18(11-16-10-14(12-32-16)19(23)24)22(30)27-21(29)17-4-3-9-25-17/h5-8,10,12,17-18,25H,2-4,9,11H2,1H3,(H3,23,24)(H,26,28)(H,27,29,30)/t17-,18-/m0/s1. The van der Waals surface area contributed by atoms with Crippen LogP contribution in [0.5, 0.6) is 5.75 Å². The maximum atomic E-state index is 12.9. The summed E-state index contributed by atoms with van der Waals surface area (Å²) in [4.78, 5) is 38.9. The van der Waals surface area contributed by atoms with Gasteiger partial charge in [0.15, 0.2) is 0 Å². The van der Waals surface area contributed by atoms with Gasteiger partial charge in [0.1, 0.15) is 17.6 Å². The third kappa shape index (κ3) is 6.14. The average molecular weight is 458 g/mol. The first kappa shape index (κ1) is 23.4. The zero-order valence-corrected chi connectivity index (χ0v) is 18.6. The van der Waals surface area contributed by atoms with E-state index in [1.54, 1.807) is 35.7 Å². The summed E-state index contributed by atoms with van der Waals surface area (Å²) in [5.74, 6) is -0.857. The van der Waals surface area contributed by atoms with E-state index < -0.39 is 29.8 Å². The normalized spacial score (nSPS) is 16.2. The van der Waals surface area contributed by atoms with Crippen LogP contribution in [-0.4, -0.2) is 48.8 Å². The van der Waals surface area contributed by atoms with E-state index in [1.165, 1.54) is 11.3 Å². The zero-order valence-electron chi connectivity index (χ0n) is 17.8. The molecule has 2 aromatic rings. The van der Waals surface area contributed by atoms with Crippen LogP contribution in [0.2, 0.25) is 0 Å². The topological polar surface area (TPSA) is 146 Å². The van der Waals surface area contributed by atoms with E-state index >= 15 is 0 Å². The van der Waals surface area contributed by atoms with Crippen molar-refractivity contribution in [3.05, 3.63) is 51.7 Å². The molecule has 1 aromatic heterocycles. The fourth-order valence-corrected chi connectivity index (χ4v) is 4.29. The van der Waals surface area contributed by atoms with E-state index in [0.29, 0.717) is 29.9 Å². The van der Waals surface area contributed by atoms with Crippen LogP contribution in [0.25, 0.3) is 0 Å². The second-order valence-electron chi connectivity index (χ2n) is 7.41. The number of hydrogen-bond acceptors (Lipinski definition) is 7. The highest BCUT2D eigenvalue weighted by Gasteiger charge is 2.28. The van der Waals surface area contributed by atoms with Gasteiger partial charge >= 0.3 is 0 Å². The van der Waals surface area contributed by atoms with Crippen LogP contribution < -0.4 is 26.4 Å². The molecule has 1 saturated heterocycles. The minimum atomic E-state index is -0.974. The van der Waals surface area contributed by atoms with Gasteiger partial charge < -0.3 is 21.1 Å². The van der Waals surface area contributed by atoms with Gasteiger partial charge in [-0.3, -0.25) is 25.1 Å². The van der Waals surface area contributed by atoms with Gasteiger partial charge in [-0.05, 0) is 56.6 Å². The monoisotopic (exact) mass is 457 g/mol. The molecule has 2 heterocycles. The summed E-state index contributed by atoms with van der Waals surface area (Å²) in [7, 11) is 0. The second-order valence-corrected chi connectivity index (χ2v) is 8.40. The van der Waals surface area contributed by atoms with Crippen LogP contribution in [0, 0.1) is 5.41 Å². The lowest BCUT2D eigenvalue weighted by Gasteiger charge is -2.19. The van der Waals surface area contributed by atoms with Crippen LogP contribution in [0.1, 0.15) is 40.6 Å². The van der Waals surface area contributed by atoms with Gasteiger partial charge in [-0.1, -0.05) is 0 Å². The maximum absolute atomic E-state index is 12.9. The molecule has 9 nitrogen and oxygen atoms in total. The molecule has 1 aromatic carbocycles. The van der Waals surface area contributed by atoms with E-state index in [1.807, 2.05) is 6.92 Å². The Labute approximate surface area is 190 Å². The highest BCUT2D eigenvalue weighted by Crippen LogP contribution is 2.17. The molecular weight excluding hydrogens is 430 g/mol. The number of ether oxygens (including phenoxy) is 1. The lowest BCUT2D eigenvalue weighted by Crippen LogP contribution is -2.52. The van der Waals surface area contributed by atoms with Gasteiger partial charge in [-0.15, -0.1) is 11.3 Å². The number of thiophene rings is 1. The van der Waals surface area contributed by atoms with E-state index in [2.05, 4.69) is 16.0 Å². The number of carbonyl (C=O) groups is 3. The molecule has 3 amide bonds. The number of nitrogens with one attached hydrogen (secondary N) is 4. The highest BCUT2D eigenvalue weighted by atomic mass is 32.1. The van der Waals surface area contributed by atoms with E-state index in [9.17, 15) is 14.4 Å². The van der Waals surface area contributed by atoms with Crippen molar-refractivity contribution in [1.29, 1.82) is 5.41 Å². The van der Waals surface area contributed by atoms with Crippen molar-refractivity contribution in [2.75, 3.05) is 13.2 Å². The number of imide groups is 1. The molecular formula is C22H27N5O4S. The van der Waals surface area contributed by atoms with Crippen LogP contribution in [0.4, 0.5) is 0 Å². The second kappa shape index (κ2) is 10.9. The molecule has 170 valence electrons. The van der Waals surface area contributed by atoms with Gasteiger partial charge in [0, 0.05) is 27.8 Å². The molecule has 0 unspecified atom stereocenters. The minimum Gasteiger partial charge on any atom is -0.494 e. The van der Waals surface area contributed by atoms with Crippen molar-refractivity contribution in [1.82, 2.24) is 16.0 Å². The van der Waals surface area contributed by atoms with Crippen LogP contribution >= 0.6 is 11.3 Å². The Morgan fingerprint density at radius 1 is 1.28 bits per heavy atom. The molecule has 10 heteroatoms. The summed E-state index contributed by atoms with van der Waals surface area (Å²) in [6, 6.07) is 6.91. The fourth-order valence-electron chi connectivity index (χ4n) is 3.35. The van der Waals surface area contributed by atoms with Gasteiger partial charge in [0.05, 0.1) is 12.6 Å². The molecule has 1 aliphatic rings. The van der Waals surface area contributed by atoms with E-state index in [0.717, 1.165) is 17.8 Å². The molecule has 3 rings (SSSR count). The van der Waals surface area contributed by atoms with Gasteiger partial charge in [-0.25, -0.2) is 0 Å². The minimum absolute atomic E-state index is 0.0746. The lowest BCUT2D eigenvalue weighted by molar-refractivity contribution is -0.132. The van der Waals surface area contributed by atoms with Crippen LogP contribution in [0.3, 0.4) is 0 Å². The number of benzene rings is 1. The highest BCUT2D eigenvalue weighted by molar-refractivity contribution is 7.10. The molecule has 0 spiro atoms. The van der Waals surface area contributed by atoms with Crippen LogP contribution in [-0.2, 0) is 16.0 Å². The molecule has 2 atom stereocenters. The number of amides is 3. The first-order valence-corrected chi connectivity index (χ1v) is 11.3. The maximum Gasteiger partial charge on any atom is 0.251 e. The summed E-state index contributed by atoms with van der Waals surface area (Å²) in [5, 5.41) is 17.5. The first-order valence-electron chi connectivity index (χ1n) is 10.4. The zero-order chi connectivity index (χ0) is 23.1. The van der Waals surface area contributed by atoms with E-state index in [4.69, 9.17) is 15.9 Å². The number of hydrogen-bond donors (Lipinski definition) is 5. The van der Waals surface area contributed by atoms with Gasteiger partial charge in [0.25, 0.3) is 5.91 Å². The Bertz CT molecular complexity index is 982. The SMILES string of the molecule is CCOc1ccc(C(=O)N[C@@H](Cc2cc(C(=N)N)cs2)C(=O)NC(=O)[C@@H]2CCCN2)cc1. The van der Waals surface area contributed by atoms with Crippen LogP contribution in [0.15, 0.2) is 35.7 Å². The molecule has 1 fully saturated rings. The summed E-state index contributed by atoms with van der Waals surface area (Å²) < 4.78 is 5.39. The number of carbonyl (C=O) groups excluding carboxylic acids is 3. The Kier molecular flexibility index (Phi) is 7.96.